The lowest BCUT2D eigenvalue weighted by molar-refractivity contribution is 0.219. The van der Waals surface area contributed by atoms with E-state index in [0.29, 0.717) is 51.1 Å². The van der Waals surface area contributed by atoms with Gasteiger partial charge in [0.25, 0.3) is 0 Å². The Balaban J connectivity index is 2.83. The van der Waals surface area contributed by atoms with E-state index in [4.69, 9.17) is 33.2 Å². The van der Waals surface area contributed by atoms with Crippen LogP contribution in [0.1, 0.15) is 157 Å². The first-order valence-electron chi connectivity index (χ1n) is 20.2. The Hall–Kier alpha value is -3.36. The molecule has 0 aliphatic rings. The van der Waals surface area contributed by atoms with Crippen LogP contribution in [0.25, 0.3) is 0 Å². The second-order valence-corrected chi connectivity index (χ2v) is 13.2. The summed E-state index contributed by atoms with van der Waals surface area (Å²) in [6, 6.07) is 3.09. The normalized spacial score (nSPS) is 11.0. The van der Waals surface area contributed by atoms with Gasteiger partial charge in [-0.15, -0.1) is 0 Å². The number of hydrogen-bond donors (Lipinski definition) is 2. The molecule has 51 heavy (non-hydrogen) atoms. The zero-order chi connectivity index (χ0) is 37.1. The molecule has 0 amide bonds. The summed E-state index contributed by atoms with van der Waals surface area (Å²) in [6.45, 7) is 15.3. The zero-order valence-corrected chi connectivity index (χ0v) is 32.9. The van der Waals surface area contributed by atoms with E-state index in [1.165, 1.54) is 0 Å². The highest BCUT2D eigenvalue weighted by Gasteiger charge is 2.30. The van der Waals surface area contributed by atoms with E-state index in [-0.39, 0.29) is 46.0 Å². The van der Waals surface area contributed by atoms with Crippen LogP contribution >= 0.6 is 0 Å². The van der Waals surface area contributed by atoms with Crippen LogP contribution in [0, 0.1) is 0 Å². The van der Waals surface area contributed by atoms with Crippen LogP contribution in [-0.4, -0.2) is 49.9 Å². The fourth-order valence-corrected chi connectivity index (χ4v) is 5.40. The Kier molecular flexibility index (Phi) is 23.5. The smallest absolute Gasteiger partial charge is 0.215 e. The first-order valence-corrected chi connectivity index (χ1v) is 20.2. The SMILES string of the molecule is CCCCCOc1cc(O)c(OCCCCC)c(OCCCCC)c1Oc1c(OCCCCC)cc(O)c(OCCCCC)c1OCCCCC. The predicted molar refractivity (Wildman–Crippen MR) is 206 cm³/mol. The van der Waals surface area contributed by atoms with Gasteiger partial charge in [0.2, 0.25) is 34.5 Å². The van der Waals surface area contributed by atoms with Crippen molar-refractivity contribution in [3.05, 3.63) is 12.1 Å². The molecule has 0 saturated heterocycles. The molecule has 2 aromatic carbocycles. The van der Waals surface area contributed by atoms with E-state index in [0.717, 1.165) is 116 Å². The number of ether oxygens (including phenoxy) is 7. The van der Waals surface area contributed by atoms with Gasteiger partial charge in [0.1, 0.15) is 0 Å². The molecule has 2 rings (SSSR count). The average molecular weight is 719 g/mol. The first-order chi connectivity index (χ1) is 25.0. The Morgan fingerprint density at radius 2 is 0.588 bits per heavy atom. The quantitative estimate of drug-likeness (QED) is 0.0715. The Morgan fingerprint density at radius 1 is 0.333 bits per heavy atom. The maximum atomic E-state index is 11.3. The number of rotatable bonds is 32. The molecule has 0 aliphatic carbocycles. The monoisotopic (exact) mass is 719 g/mol. The summed E-state index contributed by atoms with van der Waals surface area (Å²) in [5.74, 6) is 1.95. The molecule has 2 N–H and O–H groups in total. The number of phenolic OH excluding ortho intramolecular Hbond substituents is 2. The molecule has 0 fully saturated rings. The Bertz CT molecular complexity index is 1110. The summed E-state index contributed by atoms with van der Waals surface area (Å²) in [7, 11) is 0. The Morgan fingerprint density at radius 3 is 0.863 bits per heavy atom. The minimum atomic E-state index is -0.0763. The van der Waals surface area contributed by atoms with Crippen LogP contribution in [0.2, 0.25) is 0 Å². The second kappa shape index (κ2) is 27.3. The van der Waals surface area contributed by atoms with Crippen LogP contribution in [0.4, 0.5) is 0 Å². The molecule has 0 unspecified atom stereocenters. The van der Waals surface area contributed by atoms with Gasteiger partial charge in [-0.05, 0) is 38.5 Å². The third-order valence-electron chi connectivity index (χ3n) is 8.47. The molecule has 0 radical (unpaired) electrons. The molecule has 0 aliphatic heterocycles. The molecule has 9 nitrogen and oxygen atoms in total. The van der Waals surface area contributed by atoms with Crippen molar-refractivity contribution in [1.29, 1.82) is 0 Å². The number of hydrogen-bond acceptors (Lipinski definition) is 9. The fraction of sp³-hybridized carbons (Fsp3) is 0.714. The van der Waals surface area contributed by atoms with Gasteiger partial charge in [-0.3, -0.25) is 0 Å². The maximum absolute atomic E-state index is 11.3. The van der Waals surface area contributed by atoms with Crippen molar-refractivity contribution in [3.63, 3.8) is 0 Å². The number of unbranched alkanes of at least 4 members (excludes halogenated alkanes) is 12. The van der Waals surface area contributed by atoms with Gasteiger partial charge < -0.3 is 43.4 Å². The van der Waals surface area contributed by atoms with E-state index in [1.807, 2.05) is 0 Å². The fourth-order valence-electron chi connectivity index (χ4n) is 5.40. The highest BCUT2D eigenvalue weighted by atomic mass is 16.6. The standard InChI is InChI=1S/C42H70O9/c1-7-13-19-25-45-35-31-33(43)37(47-27-21-15-9-3)41(49-29-23-17-11-5)39(35)51-40-36(46-26-20-14-8-2)32-34(44)38(48-28-22-16-10-4)42(40)50-30-24-18-12-6/h31-32,43-44H,7-30H2,1-6H3. The van der Waals surface area contributed by atoms with Crippen LogP contribution in [0.3, 0.4) is 0 Å². The van der Waals surface area contributed by atoms with Gasteiger partial charge in [-0.1, -0.05) is 119 Å². The van der Waals surface area contributed by atoms with E-state index in [9.17, 15) is 10.2 Å². The lowest BCUT2D eigenvalue weighted by atomic mass is 10.2. The molecule has 9 heteroatoms. The average Bonchev–Trinajstić information content (AvgIpc) is 3.12. The van der Waals surface area contributed by atoms with Crippen molar-refractivity contribution in [1.82, 2.24) is 0 Å². The van der Waals surface area contributed by atoms with E-state index < -0.39 is 0 Å². The van der Waals surface area contributed by atoms with Gasteiger partial charge in [-0.2, -0.15) is 0 Å². The lowest BCUT2D eigenvalue weighted by Crippen LogP contribution is -2.09. The van der Waals surface area contributed by atoms with Gasteiger partial charge >= 0.3 is 0 Å². The highest BCUT2D eigenvalue weighted by molar-refractivity contribution is 5.70. The van der Waals surface area contributed by atoms with Crippen LogP contribution < -0.4 is 33.2 Å². The van der Waals surface area contributed by atoms with Crippen LogP contribution in [0.15, 0.2) is 12.1 Å². The molecule has 0 heterocycles. The third-order valence-corrected chi connectivity index (χ3v) is 8.47. The van der Waals surface area contributed by atoms with Gasteiger partial charge in [-0.25, -0.2) is 0 Å². The minimum absolute atomic E-state index is 0.0763. The van der Waals surface area contributed by atoms with Gasteiger partial charge in [0.05, 0.1) is 39.6 Å². The Labute approximate surface area is 309 Å². The molecule has 292 valence electrons. The number of benzene rings is 2. The van der Waals surface area contributed by atoms with Crippen LogP contribution in [-0.2, 0) is 0 Å². The van der Waals surface area contributed by atoms with Gasteiger partial charge in [0, 0.05) is 12.1 Å². The van der Waals surface area contributed by atoms with Crippen molar-refractivity contribution < 1.29 is 43.4 Å². The molecule has 0 bridgehead atoms. The van der Waals surface area contributed by atoms with Crippen molar-refractivity contribution >= 4 is 0 Å². The van der Waals surface area contributed by atoms with Crippen molar-refractivity contribution in [2.24, 2.45) is 0 Å². The predicted octanol–water partition coefficient (Wildman–Crippen LogP) is 12.3. The third kappa shape index (κ3) is 15.8. The molecular formula is C42H70O9. The molecule has 0 spiro atoms. The van der Waals surface area contributed by atoms with Crippen molar-refractivity contribution in [3.8, 4) is 57.5 Å². The summed E-state index contributed by atoms with van der Waals surface area (Å²) in [6.07, 6.45) is 17.2. The first kappa shape index (κ1) is 43.8. The van der Waals surface area contributed by atoms with Gasteiger partial charge in [0.15, 0.2) is 23.0 Å². The minimum Gasteiger partial charge on any atom is -0.504 e. The van der Waals surface area contributed by atoms with E-state index in [2.05, 4.69) is 41.5 Å². The van der Waals surface area contributed by atoms with E-state index in [1.54, 1.807) is 12.1 Å². The topological polar surface area (TPSA) is 105 Å². The summed E-state index contributed by atoms with van der Waals surface area (Å²) in [5, 5.41) is 22.7. The summed E-state index contributed by atoms with van der Waals surface area (Å²) in [4.78, 5) is 0. The lowest BCUT2D eigenvalue weighted by Gasteiger charge is -2.24. The van der Waals surface area contributed by atoms with Crippen molar-refractivity contribution in [2.75, 3.05) is 39.6 Å². The molecular weight excluding hydrogens is 648 g/mol. The highest BCUT2D eigenvalue weighted by Crippen LogP contribution is 2.57. The molecule has 2 aromatic rings. The molecule has 0 aromatic heterocycles. The number of aromatic hydroxyl groups is 2. The largest absolute Gasteiger partial charge is 0.504 e. The van der Waals surface area contributed by atoms with Crippen LogP contribution in [0.5, 0.6) is 57.5 Å². The summed E-state index contributed by atoms with van der Waals surface area (Å²) in [5.41, 5.74) is 0. The van der Waals surface area contributed by atoms with Crippen molar-refractivity contribution in [2.45, 2.75) is 157 Å². The number of phenols is 2. The second-order valence-electron chi connectivity index (χ2n) is 13.2. The van der Waals surface area contributed by atoms with E-state index >= 15 is 0 Å². The molecule has 0 atom stereocenters. The summed E-state index contributed by atoms with van der Waals surface area (Å²) < 4.78 is 44.9. The maximum Gasteiger partial charge on any atom is 0.215 e. The summed E-state index contributed by atoms with van der Waals surface area (Å²) >= 11 is 0. The zero-order valence-electron chi connectivity index (χ0n) is 32.9. The molecule has 0 saturated carbocycles.